The molecule has 242 valence electrons. The summed E-state index contributed by atoms with van der Waals surface area (Å²) in [5.74, 6) is 0. The zero-order chi connectivity index (χ0) is 33.0. The average molecular weight is 604 g/mol. The summed E-state index contributed by atoms with van der Waals surface area (Å²) in [6, 6.07) is 6.88. The Kier molecular flexibility index (Phi) is 17.7. The number of hydrogen-bond acceptors (Lipinski definition) is 1. The molecular formula is C44H61N. The van der Waals surface area contributed by atoms with Gasteiger partial charge in [0.2, 0.25) is 0 Å². The summed E-state index contributed by atoms with van der Waals surface area (Å²) in [6.07, 6.45) is 37.8. The maximum atomic E-state index is 4.71. The van der Waals surface area contributed by atoms with E-state index in [4.69, 9.17) is 6.58 Å². The molecule has 0 aliphatic carbocycles. The highest BCUT2D eigenvalue weighted by Crippen LogP contribution is 2.26. The lowest BCUT2D eigenvalue weighted by molar-refractivity contribution is 0.430. The van der Waals surface area contributed by atoms with E-state index < -0.39 is 0 Å². The topological polar surface area (TPSA) is 3.24 Å². The van der Waals surface area contributed by atoms with E-state index in [-0.39, 0.29) is 6.04 Å². The minimum absolute atomic E-state index is 0.154. The second-order valence-corrected chi connectivity index (χ2v) is 12.1. The first kappa shape index (κ1) is 37.6. The van der Waals surface area contributed by atoms with Crippen LogP contribution >= 0.6 is 0 Å². The lowest BCUT2D eigenvalue weighted by Gasteiger charge is -2.33. The van der Waals surface area contributed by atoms with Gasteiger partial charge >= 0.3 is 0 Å². The van der Waals surface area contributed by atoms with Crippen molar-refractivity contribution < 1.29 is 0 Å². The normalized spacial score (nSPS) is 21.4. The minimum atomic E-state index is 0.154. The molecule has 1 aromatic rings. The van der Waals surface area contributed by atoms with E-state index in [1.54, 1.807) is 0 Å². The van der Waals surface area contributed by atoms with Gasteiger partial charge in [-0.2, -0.15) is 0 Å². The number of benzene rings is 1. The summed E-state index contributed by atoms with van der Waals surface area (Å²) in [7, 11) is 0. The van der Waals surface area contributed by atoms with Crippen molar-refractivity contribution in [2.24, 2.45) is 0 Å². The maximum absolute atomic E-state index is 4.71. The minimum Gasteiger partial charge on any atom is -0.338 e. The molecule has 1 aromatic carbocycles. The summed E-state index contributed by atoms with van der Waals surface area (Å²) in [5, 5.41) is 2.68. The third-order valence-corrected chi connectivity index (χ3v) is 8.45. The number of unbranched alkanes of at least 4 members (excludes halogenated alkanes) is 2. The molecule has 0 spiro atoms. The predicted molar refractivity (Wildman–Crippen MR) is 203 cm³/mol. The molecule has 0 saturated heterocycles. The van der Waals surface area contributed by atoms with Crippen LogP contribution in [0, 0.1) is 6.92 Å². The highest BCUT2D eigenvalue weighted by atomic mass is 15.2. The number of nitrogens with zero attached hydrogens (tertiary/aromatic N) is 1. The molecule has 0 radical (unpaired) electrons. The molecule has 1 heteroatoms. The fourth-order valence-corrected chi connectivity index (χ4v) is 6.01. The Morgan fingerprint density at radius 1 is 1.02 bits per heavy atom. The Labute approximate surface area is 276 Å². The maximum Gasteiger partial charge on any atom is 0.0493 e. The van der Waals surface area contributed by atoms with Gasteiger partial charge in [0, 0.05) is 22.7 Å². The molecule has 1 aliphatic rings. The third kappa shape index (κ3) is 12.4. The van der Waals surface area contributed by atoms with E-state index in [2.05, 4.69) is 151 Å². The molecule has 0 N–H and O–H groups in total. The smallest absolute Gasteiger partial charge is 0.0493 e. The summed E-state index contributed by atoms with van der Waals surface area (Å²) in [6.45, 7) is 24.6. The molecular weight excluding hydrogens is 542 g/mol. The van der Waals surface area contributed by atoms with Crippen LogP contribution in [-0.2, 0) is 0 Å². The fraction of sp³-hybridized carbons (Fsp3) is 0.409. The van der Waals surface area contributed by atoms with Gasteiger partial charge in [-0.15, -0.1) is 0 Å². The molecule has 1 nitrogen and oxygen atoms in total. The quantitative estimate of drug-likeness (QED) is 0.123. The first-order valence-corrected chi connectivity index (χ1v) is 17.4. The highest BCUT2D eigenvalue weighted by molar-refractivity contribution is 5.53. The second-order valence-electron chi connectivity index (χ2n) is 12.1. The van der Waals surface area contributed by atoms with Crippen LogP contribution in [0.5, 0.6) is 0 Å². The fourth-order valence-electron chi connectivity index (χ4n) is 6.01. The number of rotatable bonds is 13. The van der Waals surface area contributed by atoms with E-state index in [9.17, 15) is 0 Å². The Balaban J connectivity index is 2.71. The summed E-state index contributed by atoms with van der Waals surface area (Å²) in [5.41, 5.74) is 8.86. The largest absolute Gasteiger partial charge is 0.338 e. The molecule has 0 aromatic heterocycles. The van der Waals surface area contributed by atoms with Crippen LogP contribution in [0.2, 0.25) is 0 Å². The zero-order valence-electron chi connectivity index (χ0n) is 29.7. The van der Waals surface area contributed by atoms with Crippen LogP contribution in [0.4, 0.5) is 0 Å². The van der Waals surface area contributed by atoms with Crippen LogP contribution in [0.3, 0.4) is 0 Å². The summed E-state index contributed by atoms with van der Waals surface area (Å²) >= 11 is 0. The predicted octanol–water partition coefficient (Wildman–Crippen LogP) is 11.7. The van der Waals surface area contributed by atoms with Crippen LogP contribution < -0.4 is 10.4 Å². The molecule has 1 aliphatic heterocycles. The van der Waals surface area contributed by atoms with Crippen molar-refractivity contribution in [2.75, 3.05) is 0 Å². The van der Waals surface area contributed by atoms with Gasteiger partial charge in [-0.3, -0.25) is 0 Å². The van der Waals surface area contributed by atoms with Crippen molar-refractivity contribution in [2.45, 2.75) is 119 Å². The van der Waals surface area contributed by atoms with E-state index in [0.29, 0.717) is 0 Å². The monoisotopic (exact) mass is 603 g/mol. The highest BCUT2D eigenvalue weighted by Gasteiger charge is 2.19. The van der Waals surface area contributed by atoms with Crippen molar-refractivity contribution in [1.82, 2.24) is 4.90 Å². The molecule has 0 saturated carbocycles. The van der Waals surface area contributed by atoms with E-state index in [1.807, 2.05) is 0 Å². The van der Waals surface area contributed by atoms with Crippen molar-refractivity contribution in [3.8, 4) is 0 Å². The van der Waals surface area contributed by atoms with E-state index >= 15 is 0 Å². The van der Waals surface area contributed by atoms with Gasteiger partial charge in [0.15, 0.2) is 0 Å². The standard InChI is InChI=1S/C44H61N/c1-10-14-15-17-22-30-43(44-37(7)26-23-29-41(44)25-12-3)45-38(8)27-20-18-16-19-21-28-40(32-31-39(45)9)33-34-42(35(5)13-4)36(6)24-11-2/h10,14,16,18,20,23-29,31-32,34,38H,5,9,11-13,15,17,19,21-22,30,33H2,1-4,6-8H3/b14-10-,18-16-,27-20-,32-31-,36-24-,40-28+,41-25-,42-34-,44-43-. The van der Waals surface area contributed by atoms with Crippen molar-refractivity contribution in [1.29, 1.82) is 0 Å². The first-order valence-electron chi connectivity index (χ1n) is 17.4. The Morgan fingerprint density at radius 2 is 1.82 bits per heavy atom. The lowest BCUT2D eigenvalue weighted by Crippen LogP contribution is -2.39. The number of allylic oxidation sites excluding steroid dienone is 14. The van der Waals surface area contributed by atoms with Crippen LogP contribution in [-0.4, -0.2) is 10.9 Å². The van der Waals surface area contributed by atoms with Gasteiger partial charge in [-0.1, -0.05) is 119 Å². The van der Waals surface area contributed by atoms with Gasteiger partial charge in [-0.05, 0) is 131 Å². The zero-order valence-corrected chi connectivity index (χ0v) is 29.7. The van der Waals surface area contributed by atoms with Gasteiger partial charge in [0.05, 0.1) is 0 Å². The van der Waals surface area contributed by atoms with Gasteiger partial charge in [0.1, 0.15) is 0 Å². The second kappa shape index (κ2) is 21.2. The first-order chi connectivity index (χ1) is 21.8. The van der Waals surface area contributed by atoms with Gasteiger partial charge < -0.3 is 4.90 Å². The lowest BCUT2D eigenvalue weighted by atomic mass is 9.95. The Hall–Kier alpha value is -3.58. The van der Waals surface area contributed by atoms with Crippen molar-refractivity contribution in [3.63, 3.8) is 0 Å². The van der Waals surface area contributed by atoms with Gasteiger partial charge in [-0.25, -0.2) is 0 Å². The Bertz CT molecular complexity index is 1450. The number of hydrogen-bond donors (Lipinski definition) is 0. The van der Waals surface area contributed by atoms with Crippen LogP contribution in [0.25, 0.3) is 11.8 Å². The summed E-state index contributed by atoms with van der Waals surface area (Å²) < 4.78 is 0. The van der Waals surface area contributed by atoms with Crippen LogP contribution in [0.15, 0.2) is 126 Å². The Morgan fingerprint density at radius 3 is 2.53 bits per heavy atom. The van der Waals surface area contributed by atoms with Gasteiger partial charge in [0.25, 0.3) is 0 Å². The average Bonchev–Trinajstić information content (AvgIpc) is 3.03. The van der Waals surface area contributed by atoms with E-state index in [1.165, 1.54) is 50.4 Å². The van der Waals surface area contributed by atoms with Crippen LogP contribution in [0.1, 0.15) is 111 Å². The third-order valence-electron chi connectivity index (χ3n) is 8.45. The molecule has 2 rings (SSSR count). The molecule has 0 fully saturated rings. The molecule has 1 atom stereocenters. The SMILES string of the molecule is C=C(CC)C(=C/CC1=C/CC/C=C\C=C/C(C)N(/C(CCCC/C=C\C)=c2/c(C)ccc/c2=C/CC)C(=C)/C=C\1)/C(C)=C\CC. The summed E-state index contributed by atoms with van der Waals surface area (Å²) in [4.78, 5) is 2.50. The van der Waals surface area contributed by atoms with Crippen molar-refractivity contribution >= 4 is 11.8 Å². The van der Waals surface area contributed by atoms with E-state index in [0.717, 1.165) is 63.5 Å². The number of aryl methyl sites for hydroxylation is 1. The molecule has 0 bridgehead atoms. The molecule has 0 amide bonds. The van der Waals surface area contributed by atoms with Crippen molar-refractivity contribution in [3.05, 3.63) is 142 Å². The molecule has 1 unspecified atom stereocenters. The molecule has 45 heavy (non-hydrogen) atoms. The molecule has 1 heterocycles.